The lowest BCUT2D eigenvalue weighted by atomic mass is 9.97. The smallest absolute Gasteiger partial charge is 0.379 e. The summed E-state index contributed by atoms with van der Waals surface area (Å²) in [4.78, 5) is 11.8. The monoisotopic (exact) mass is 228 g/mol. The molecule has 0 amide bonds. The maximum atomic E-state index is 11.8. The van der Waals surface area contributed by atoms with Gasteiger partial charge in [0.15, 0.2) is 0 Å². The average Bonchev–Trinajstić information content (AvgIpc) is 2.38. The second kappa shape index (κ2) is 3.77. The van der Waals surface area contributed by atoms with Gasteiger partial charge >= 0.3 is 5.63 Å². The molecular formula is C14H12O3. The predicted octanol–water partition coefficient (Wildman–Crippen LogP) is 2.98. The van der Waals surface area contributed by atoms with E-state index in [1.807, 2.05) is 31.2 Å². The molecule has 17 heavy (non-hydrogen) atoms. The molecule has 2 aromatic rings. The van der Waals surface area contributed by atoms with Gasteiger partial charge in [0.1, 0.15) is 5.58 Å². The first-order valence-electron chi connectivity index (χ1n) is 5.65. The molecule has 2 heterocycles. The fourth-order valence-electron chi connectivity index (χ4n) is 2.26. The van der Waals surface area contributed by atoms with Gasteiger partial charge in [-0.1, -0.05) is 24.3 Å². The summed E-state index contributed by atoms with van der Waals surface area (Å²) in [5, 5.41) is 0.940. The van der Waals surface area contributed by atoms with Gasteiger partial charge in [-0.25, -0.2) is 4.79 Å². The van der Waals surface area contributed by atoms with Crippen LogP contribution in [0.5, 0.6) is 5.75 Å². The third-order valence-electron chi connectivity index (χ3n) is 3.06. The minimum atomic E-state index is -0.391. The highest BCUT2D eigenvalue weighted by atomic mass is 16.5. The van der Waals surface area contributed by atoms with Crippen LogP contribution in [0.4, 0.5) is 0 Å². The van der Waals surface area contributed by atoms with E-state index < -0.39 is 5.63 Å². The number of allylic oxidation sites excluding steroid dienone is 1. The van der Waals surface area contributed by atoms with Crippen molar-refractivity contribution in [3.63, 3.8) is 0 Å². The van der Waals surface area contributed by atoms with Gasteiger partial charge in [-0.3, -0.25) is 0 Å². The zero-order valence-corrected chi connectivity index (χ0v) is 9.53. The van der Waals surface area contributed by atoms with Crippen LogP contribution in [0.15, 0.2) is 39.6 Å². The normalized spacial score (nSPS) is 16.9. The fourth-order valence-corrected chi connectivity index (χ4v) is 2.26. The fraction of sp³-hybridized carbons (Fsp3) is 0.214. The highest BCUT2D eigenvalue weighted by Crippen LogP contribution is 2.35. The Morgan fingerprint density at radius 1 is 1.29 bits per heavy atom. The van der Waals surface area contributed by atoms with Crippen molar-refractivity contribution in [2.24, 2.45) is 0 Å². The van der Waals surface area contributed by atoms with Gasteiger partial charge in [-0.05, 0) is 18.6 Å². The quantitative estimate of drug-likeness (QED) is 0.651. The van der Waals surface area contributed by atoms with Crippen LogP contribution in [-0.4, -0.2) is 6.61 Å². The highest BCUT2D eigenvalue weighted by Gasteiger charge is 2.22. The first kappa shape index (κ1) is 10.1. The summed E-state index contributed by atoms with van der Waals surface area (Å²) in [7, 11) is 0. The SMILES string of the molecule is C/C=C1\CCOc2c1c1ccccc1oc2=O. The molecule has 0 spiro atoms. The van der Waals surface area contributed by atoms with E-state index in [4.69, 9.17) is 9.15 Å². The zero-order chi connectivity index (χ0) is 11.8. The van der Waals surface area contributed by atoms with Crippen molar-refractivity contribution >= 4 is 16.5 Å². The lowest BCUT2D eigenvalue weighted by Crippen LogP contribution is -2.16. The summed E-state index contributed by atoms with van der Waals surface area (Å²) in [5.41, 5.74) is 2.26. The minimum Gasteiger partial charge on any atom is -0.486 e. The molecule has 0 saturated carbocycles. The Bertz CT molecular complexity index is 665. The number of para-hydroxylation sites is 1. The molecule has 0 aliphatic carbocycles. The number of benzene rings is 1. The molecule has 86 valence electrons. The van der Waals surface area contributed by atoms with E-state index in [9.17, 15) is 4.79 Å². The van der Waals surface area contributed by atoms with Gasteiger partial charge in [0.2, 0.25) is 5.75 Å². The molecule has 0 saturated heterocycles. The maximum Gasteiger partial charge on any atom is 0.379 e. The van der Waals surface area contributed by atoms with Crippen molar-refractivity contribution in [1.29, 1.82) is 0 Å². The Kier molecular flexibility index (Phi) is 2.25. The largest absolute Gasteiger partial charge is 0.486 e. The van der Waals surface area contributed by atoms with Crippen molar-refractivity contribution in [3.05, 3.63) is 46.3 Å². The van der Waals surface area contributed by atoms with Gasteiger partial charge < -0.3 is 9.15 Å². The summed E-state index contributed by atoms with van der Waals surface area (Å²) in [6.07, 6.45) is 2.87. The Balaban J connectivity index is 2.49. The Morgan fingerprint density at radius 2 is 2.12 bits per heavy atom. The number of hydrogen-bond donors (Lipinski definition) is 0. The predicted molar refractivity (Wildman–Crippen MR) is 66.2 cm³/mol. The van der Waals surface area contributed by atoms with Gasteiger partial charge in [-0.15, -0.1) is 0 Å². The van der Waals surface area contributed by atoms with Gasteiger partial charge in [0, 0.05) is 17.4 Å². The Labute approximate surface area is 98.3 Å². The second-order valence-electron chi connectivity index (χ2n) is 4.00. The van der Waals surface area contributed by atoms with Crippen LogP contribution in [0.25, 0.3) is 16.5 Å². The van der Waals surface area contributed by atoms with E-state index >= 15 is 0 Å². The van der Waals surface area contributed by atoms with E-state index in [2.05, 4.69) is 0 Å². The molecule has 0 bridgehead atoms. The Morgan fingerprint density at radius 3 is 2.94 bits per heavy atom. The molecule has 3 rings (SSSR count). The second-order valence-corrected chi connectivity index (χ2v) is 4.00. The average molecular weight is 228 g/mol. The first-order chi connectivity index (χ1) is 8.31. The van der Waals surface area contributed by atoms with Crippen molar-refractivity contribution in [2.45, 2.75) is 13.3 Å². The first-order valence-corrected chi connectivity index (χ1v) is 5.65. The van der Waals surface area contributed by atoms with Crippen LogP contribution >= 0.6 is 0 Å². The summed E-state index contributed by atoms with van der Waals surface area (Å²) >= 11 is 0. The number of hydrogen-bond acceptors (Lipinski definition) is 3. The van der Waals surface area contributed by atoms with Gasteiger partial charge in [0.25, 0.3) is 0 Å². The molecule has 3 heteroatoms. The molecule has 1 aromatic heterocycles. The molecule has 0 fully saturated rings. The van der Waals surface area contributed by atoms with Crippen molar-refractivity contribution < 1.29 is 9.15 Å². The van der Waals surface area contributed by atoms with Gasteiger partial charge in [-0.2, -0.15) is 0 Å². The van der Waals surface area contributed by atoms with Crippen molar-refractivity contribution in [1.82, 2.24) is 0 Å². The molecule has 0 unspecified atom stereocenters. The minimum absolute atomic E-state index is 0.350. The van der Waals surface area contributed by atoms with E-state index in [1.165, 1.54) is 0 Å². The molecule has 3 nitrogen and oxygen atoms in total. The summed E-state index contributed by atoms with van der Waals surface area (Å²) in [6, 6.07) is 7.55. The van der Waals surface area contributed by atoms with E-state index in [1.54, 1.807) is 6.07 Å². The molecule has 0 radical (unpaired) electrons. The van der Waals surface area contributed by atoms with E-state index in [-0.39, 0.29) is 0 Å². The number of rotatable bonds is 0. The summed E-state index contributed by atoms with van der Waals surface area (Å²) < 4.78 is 10.7. The molecule has 0 atom stereocenters. The maximum absolute atomic E-state index is 11.8. The van der Waals surface area contributed by atoms with Crippen LogP contribution < -0.4 is 10.4 Å². The zero-order valence-electron chi connectivity index (χ0n) is 9.53. The van der Waals surface area contributed by atoms with Gasteiger partial charge in [0.05, 0.1) is 6.61 Å². The lowest BCUT2D eigenvalue weighted by Gasteiger charge is -2.19. The van der Waals surface area contributed by atoms with E-state index in [0.717, 1.165) is 22.9 Å². The highest BCUT2D eigenvalue weighted by molar-refractivity contribution is 5.93. The lowest BCUT2D eigenvalue weighted by molar-refractivity contribution is 0.300. The molecular weight excluding hydrogens is 216 g/mol. The third kappa shape index (κ3) is 1.46. The molecule has 0 N–H and O–H groups in total. The summed E-state index contributed by atoms with van der Waals surface area (Å²) in [6.45, 7) is 2.52. The van der Waals surface area contributed by atoms with Crippen LogP contribution in [0.1, 0.15) is 18.9 Å². The number of fused-ring (bicyclic) bond motifs is 3. The molecule has 1 aliphatic rings. The third-order valence-corrected chi connectivity index (χ3v) is 3.06. The van der Waals surface area contributed by atoms with Crippen LogP contribution in [0.3, 0.4) is 0 Å². The summed E-state index contributed by atoms with van der Waals surface area (Å²) in [5.74, 6) is 0.350. The van der Waals surface area contributed by atoms with E-state index in [0.29, 0.717) is 17.9 Å². The van der Waals surface area contributed by atoms with Crippen molar-refractivity contribution in [3.8, 4) is 5.75 Å². The van der Waals surface area contributed by atoms with Crippen LogP contribution in [-0.2, 0) is 0 Å². The number of ether oxygens (including phenoxy) is 1. The topological polar surface area (TPSA) is 39.4 Å². The van der Waals surface area contributed by atoms with Crippen molar-refractivity contribution in [2.75, 3.05) is 6.61 Å². The molecule has 1 aromatic carbocycles. The standard InChI is InChI=1S/C14H12O3/c1-2-9-7-8-16-13-12(9)10-5-3-4-6-11(10)17-14(13)15/h2-6H,7-8H2,1H3/b9-2+. The van der Waals surface area contributed by atoms with Crippen LogP contribution in [0.2, 0.25) is 0 Å². The Hall–Kier alpha value is -2.03. The molecule has 1 aliphatic heterocycles. The van der Waals surface area contributed by atoms with Crippen LogP contribution in [0, 0.1) is 0 Å².